The lowest BCUT2D eigenvalue weighted by atomic mass is 9.84. The Hall–Kier alpha value is -3.62. The fourth-order valence-electron chi connectivity index (χ4n) is 4.49. The molecule has 0 unspecified atom stereocenters. The Morgan fingerprint density at radius 1 is 1.00 bits per heavy atom. The molecule has 0 fully saturated rings. The fraction of sp³-hybridized carbons (Fsp3) is 0.269. The summed E-state index contributed by atoms with van der Waals surface area (Å²) in [4.78, 5) is 8.17. The van der Waals surface area contributed by atoms with Gasteiger partial charge >= 0.3 is 6.18 Å². The molecule has 0 atom stereocenters. The molecule has 0 saturated carbocycles. The van der Waals surface area contributed by atoms with Crippen molar-refractivity contribution in [3.05, 3.63) is 65.6 Å². The zero-order chi connectivity index (χ0) is 25.3. The third-order valence-corrected chi connectivity index (χ3v) is 6.42. The van der Waals surface area contributed by atoms with Crippen molar-refractivity contribution >= 4 is 33.0 Å². The van der Waals surface area contributed by atoms with Crippen LogP contribution in [0.2, 0.25) is 0 Å². The van der Waals surface area contributed by atoms with E-state index in [2.05, 4.69) is 9.97 Å². The number of nitrogens with zero attached hydrogens (tertiary/aromatic N) is 3. The SMILES string of the molecule is Cc1cc(F)c2c(oc3nc(F)ccc32)c1-c1c2ccc(CC(C)(C)C(F)(F)F)cc2nc[n+]1C. The van der Waals surface area contributed by atoms with Crippen LogP contribution in [0.5, 0.6) is 0 Å². The van der Waals surface area contributed by atoms with Gasteiger partial charge in [-0.05, 0) is 59.8 Å². The van der Waals surface area contributed by atoms with Crippen LogP contribution < -0.4 is 4.57 Å². The van der Waals surface area contributed by atoms with Gasteiger partial charge in [0, 0.05) is 0 Å². The summed E-state index contributed by atoms with van der Waals surface area (Å²) in [6, 6.07) is 8.94. The minimum atomic E-state index is -4.35. The molecule has 9 heteroatoms. The number of rotatable bonds is 3. The van der Waals surface area contributed by atoms with E-state index in [9.17, 15) is 17.6 Å². The van der Waals surface area contributed by atoms with E-state index in [1.54, 1.807) is 43.1 Å². The quantitative estimate of drug-likeness (QED) is 0.161. The monoisotopic (exact) mass is 486 g/mol. The van der Waals surface area contributed by atoms with Crippen molar-refractivity contribution in [2.75, 3.05) is 0 Å². The standard InChI is InChI=1S/C26H21F5N3O/c1-13-9-17(27)21-16-7-8-19(28)33-24(16)35-23(21)20(13)22-15-6-5-14(10-18(15)32-12-34(22)4)11-25(2,3)26(29,30)31/h5-10,12H,11H2,1-4H3/q+1. The van der Waals surface area contributed by atoms with Crippen molar-refractivity contribution in [1.82, 2.24) is 9.97 Å². The van der Waals surface area contributed by atoms with Gasteiger partial charge in [0.1, 0.15) is 11.5 Å². The lowest BCUT2D eigenvalue weighted by molar-refractivity contribution is -0.662. The maximum atomic E-state index is 15.0. The van der Waals surface area contributed by atoms with E-state index < -0.39 is 23.4 Å². The molecule has 0 aliphatic carbocycles. The molecule has 0 aliphatic heterocycles. The molecule has 0 spiro atoms. The molecule has 0 N–H and O–H groups in total. The minimum Gasteiger partial charge on any atom is -0.437 e. The first-order valence-electron chi connectivity index (χ1n) is 10.9. The first-order chi connectivity index (χ1) is 16.4. The molecule has 0 amide bonds. The number of fused-ring (bicyclic) bond motifs is 4. The summed E-state index contributed by atoms with van der Waals surface area (Å²) >= 11 is 0. The van der Waals surface area contributed by atoms with E-state index in [1.165, 1.54) is 12.1 Å². The summed E-state index contributed by atoms with van der Waals surface area (Å²) in [6.45, 7) is 4.06. The van der Waals surface area contributed by atoms with Gasteiger partial charge in [0.2, 0.25) is 11.7 Å². The van der Waals surface area contributed by atoms with E-state index in [-0.39, 0.29) is 23.1 Å². The highest BCUT2D eigenvalue weighted by Gasteiger charge is 2.47. The van der Waals surface area contributed by atoms with Gasteiger partial charge in [0.25, 0.3) is 6.33 Å². The van der Waals surface area contributed by atoms with Gasteiger partial charge in [0.05, 0.1) is 34.2 Å². The summed E-state index contributed by atoms with van der Waals surface area (Å²) in [7, 11) is 1.76. The number of hydrogen-bond donors (Lipinski definition) is 0. The molecule has 0 radical (unpaired) electrons. The molecule has 35 heavy (non-hydrogen) atoms. The van der Waals surface area contributed by atoms with Crippen LogP contribution in [0.4, 0.5) is 22.0 Å². The van der Waals surface area contributed by atoms with Gasteiger partial charge in [-0.15, -0.1) is 0 Å². The second kappa shape index (κ2) is 7.69. The molecule has 5 rings (SSSR count). The van der Waals surface area contributed by atoms with Gasteiger partial charge in [-0.2, -0.15) is 22.5 Å². The number of aryl methyl sites for hydroxylation is 2. The van der Waals surface area contributed by atoms with Gasteiger partial charge in [-0.3, -0.25) is 0 Å². The zero-order valence-corrected chi connectivity index (χ0v) is 19.4. The van der Waals surface area contributed by atoms with Crippen LogP contribution in [0.1, 0.15) is 25.0 Å². The lowest BCUT2D eigenvalue weighted by Crippen LogP contribution is -2.34. The van der Waals surface area contributed by atoms with Crippen molar-refractivity contribution in [3.8, 4) is 11.3 Å². The molecule has 180 valence electrons. The van der Waals surface area contributed by atoms with Gasteiger partial charge in [-0.1, -0.05) is 19.9 Å². The highest BCUT2D eigenvalue weighted by Crippen LogP contribution is 2.42. The van der Waals surface area contributed by atoms with Crippen LogP contribution in [0.15, 0.2) is 47.1 Å². The Bertz CT molecular complexity index is 1640. The van der Waals surface area contributed by atoms with Gasteiger partial charge < -0.3 is 4.42 Å². The fourth-order valence-corrected chi connectivity index (χ4v) is 4.49. The minimum absolute atomic E-state index is 0.0246. The predicted molar refractivity (Wildman–Crippen MR) is 122 cm³/mol. The van der Waals surface area contributed by atoms with Crippen LogP contribution in [-0.2, 0) is 13.5 Å². The van der Waals surface area contributed by atoms with Crippen molar-refractivity contribution in [2.45, 2.75) is 33.4 Å². The summed E-state index contributed by atoms with van der Waals surface area (Å²) < 4.78 is 76.6. The zero-order valence-electron chi connectivity index (χ0n) is 19.4. The normalized spacial score (nSPS) is 12.8. The number of hydrogen-bond acceptors (Lipinski definition) is 3. The summed E-state index contributed by atoms with van der Waals surface area (Å²) in [5.74, 6) is -1.27. The molecule has 0 saturated heterocycles. The summed E-state index contributed by atoms with van der Waals surface area (Å²) in [5, 5.41) is 1.18. The molecule has 3 aromatic heterocycles. The van der Waals surface area contributed by atoms with E-state index in [0.717, 1.165) is 19.9 Å². The van der Waals surface area contributed by atoms with E-state index >= 15 is 4.39 Å². The van der Waals surface area contributed by atoms with Crippen molar-refractivity contribution in [1.29, 1.82) is 0 Å². The number of benzene rings is 2. The average Bonchev–Trinajstić information content (AvgIpc) is 3.12. The number of aromatic nitrogens is 3. The summed E-state index contributed by atoms with van der Waals surface area (Å²) in [6.07, 6.45) is -3.01. The average molecular weight is 486 g/mol. The predicted octanol–water partition coefficient (Wildman–Crippen LogP) is 6.74. The Balaban J connectivity index is 1.76. The second-order valence-electron chi connectivity index (χ2n) is 9.46. The Kier molecular flexibility index (Phi) is 5.09. The molecule has 2 aromatic carbocycles. The van der Waals surface area contributed by atoms with E-state index in [4.69, 9.17) is 4.42 Å². The van der Waals surface area contributed by atoms with Crippen LogP contribution >= 0.6 is 0 Å². The maximum absolute atomic E-state index is 15.0. The van der Waals surface area contributed by atoms with Crippen molar-refractivity contribution < 1.29 is 30.9 Å². The highest BCUT2D eigenvalue weighted by molar-refractivity contribution is 6.11. The topological polar surface area (TPSA) is 42.8 Å². The second-order valence-corrected chi connectivity index (χ2v) is 9.46. The molecule has 4 nitrogen and oxygen atoms in total. The largest absolute Gasteiger partial charge is 0.437 e. The number of halogens is 5. The third kappa shape index (κ3) is 3.69. The van der Waals surface area contributed by atoms with Gasteiger partial charge in [0.15, 0.2) is 11.1 Å². The number of furan rings is 1. The Morgan fingerprint density at radius 2 is 1.71 bits per heavy atom. The lowest BCUT2D eigenvalue weighted by Gasteiger charge is -2.27. The Labute approximate surface area is 197 Å². The van der Waals surface area contributed by atoms with Gasteiger partial charge in [-0.25, -0.2) is 8.96 Å². The molecule has 0 bridgehead atoms. The molecule has 5 aromatic rings. The molecule has 3 heterocycles. The van der Waals surface area contributed by atoms with Crippen LogP contribution in [-0.4, -0.2) is 16.1 Å². The third-order valence-electron chi connectivity index (χ3n) is 6.42. The molecular weight excluding hydrogens is 465 g/mol. The smallest absolute Gasteiger partial charge is 0.394 e. The first-order valence-corrected chi connectivity index (χ1v) is 10.9. The highest BCUT2D eigenvalue weighted by atomic mass is 19.4. The molecular formula is C26H21F5N3O+. The van der Waals surface area contributed by atoms with Crippen molar-refractivity contribution in [3.63, 3.8) is 0 Å². The van der Waals surface area contributed by atoms with Crippen LogP contribution in [0.25, 0.3) is 44.2 Å². The number of pyridine rings is 1. The maximum Gasteiger partial charge on any atom is 0.394 e. The first kappa shape index (κ1) is 23.1. The number of alkyl halides is 3. The van der Waals surface area contributed by atoms with Crippen molar-refractivity contribution in [2.24, 2.45) is 12.5 Å². The van der Waals surface area contributed by atoms with E-state index in [1.807, 2.05) is 0 Å². The van der Waals surface area contributed by atoms with Crippen LogP contribution in [0, 0.1) is 24.1 Å². The van der Waals surface area contributed by atoms with Crippen LogP contribution in [0.3, 0.4) is 0 Å². The summed E-state index contributed by atoms with van der Waals surface area (Å²) in [5.41, 5.74) is 1.04. The van der Waals surface area contributed by atoms with E-state index in [0.29, 0.717) is 38.7 Å². The Morgan fingerprint density at radius 3 is 2.43 bits per heavy atom. The molecule has 0 aliphatic rings.